The Morgan fingerprint density at radius 1 is 1.09 bits per heavy atom. The van der Waals surface area contributed by atoms with Gasteiger partial charge in [0.05, 0.1) is 6.61 Å². The van der Waals surface area contributed by atoms with Crippen LogP contribution in [-0.2, 0) is 11.2 Å². The van der Waals surface area contributed by atoms with Crippen molar-refractivity contribution >= 4 is 0 Å². The predicted octanol–water partition coefficient (Wildman–Crippen LogP) is 2.55. The Labute approximate surface area is 131 Å². The van der Waals surface area contributed by atoms with Crippen molar-refractivity contribution in [3.05, 3.63) is 35.4 Å². The summed E-state index contributed by atoms with van der Waals surface area (Å²) in [6.07, 6.45) is 0.745. The van der Waals surface area contributed by atoms with Crippen LogP contribution in [0.2, 0.25) is 0 Å². The average Bonchev–Trinajstić information content (AvgIpc) is 2.48. The normalized spacial score (nSPS) is 23.9. The molecule has 0 aromatic heterocycles. The summed E-state index contributed by atoms with van der Waals surface area (Å²) in [6.45, 7) is 9.04. The number of halogens is 2. The molecule has 5 heteroatoms. The number of methoxy groups -OCH3 is 1. The highest BCUT2D eigenvalue weighted by atomic mass is 19.2. The maximum absolute atomic E-state index is 13.2. The smallest absolute Gasteiger partial charge is 0.159 e. The maximum atomic E-state index is 13.2. The Morgan fingerprint density at radius 2 is 1.77 bits per heavy atom. The topological polar surface area (TPSA) is 15.7 Å². The van der Waals surface area contributed by atoms with Crippen molar-refractivity contribution in [2.24, 2.45) is 0 Å². The molecular formula is C17H26F2N2O. The third-order valence-corrected chi connectivity index (χ3v) is 4.43. The van der Waals surface area contributed by atoms with Gasteiger partial charge in [0.2, 0.25) is 0 Å². The minimum absolute atomic E-state index is 0.476. The highest BCUT2D eigenvalue weighted by molar-refractivity contribution is 5.18. The van der Waals surface area contributed by atoms with Crippen molar-refractivity contribution in [1.29, 1.82) is 0 Å². The summed E-state index contributed by atoms with van der Waals surface area (Å²) in [5.74, 6) is -1.54. The van der Waals surface area contributed by atoms with E-state index in [1.54, 1.807) is 13.2 Å². The molecule has 2 rings (SSSR count). The highest BCUT2D eigenvalue weighted by Crippen LogP contribution is 2.16. The number of rotatable bonds is 6. The molecule has 0 amide bonds. The molecule has 0 unspecified atom stereocenters. The van der Waals surface area contributed by atoms with E-state index in [0.29, 0.717) is 12.1 Å². The molecular weight excluding hydrogens is 286 g/mol. The number of ether oxygens (including phenoxy) is 1. The van der Waals surface area contributed by atoms with Gasteiger partial charge in [-0.15, -0.1) is 0 Å². The van der Waals surface area contributed by atoms with Crippen LogP contribution in [0.1, 0.15) is 19.4 Å². The largest absolute Gasteiger partial charge is 0.383 e. The molecule has 0 saturated carbocycles. The lowest BCUT2D eigenvalue weighted by atomic mass is 10.1. The zero-order valence-electron chi connectivity index (χ0n) is 13.7. The number of piperazine rings is 1. The average molecular weight is 312 g/mol. The molecule has 1 saturated heterocycles. The first kappa shape index (κ1) is 17.3. The molecule has 0 N–H and O–H groups in total. The minimum Gasteiger partial charge on any atom is -0.383 e. The van der Waals surface area contributed by atoms with Gasteiger partial charge in [0.1, 0.15) is 0 Å². The molecule has 0 radical (unpaired) electrons. The molecule has 1 fully saturated rings. The van der Waals surface area contributed by atoms with Gasteiger partial charge in [-0.05, 0) is 38.0 Å². The third kappa shape index (κ3) is 4.48. The van der Waals surface area contributed by atoms with Crippen LogP contribution in [0.5, 0.6) is 0 Å². The van der Waals surface area contributed by atoms with Crippen LogP contribution >= 0.6 is 0 Å². The van der Waals surface area contributed by atoms with Crippen LogP contribution in [-0.4, -0.2) is 61.8 Å². The Hall–Kier alpha value is -1.04. The molecule has 2 atom stereocenters. The molecule has 1 aromatic rings. The van der Waals surface area contributed by atoms with Crippen molar-refractivity contribution in [3.8, 4) is 0 Å². The number of benzene rings is 1. The summed E-state index contributed by atoms with van der Waals surface area (Å²) in [4.78, 5) is 4.87. The van der Waals surface area contributed by atoms with Gasteiger partial charge in [0.25, 0.3) is 0 Å². The van der Waals surface area contributed by atoms with Crippen LogP contribution in [0.15, 0.2) is 18.2 Å². The first-order valence-electron chi connectivity index (χ1n) is 7.92. The van der Waals surface area contributed by atoms with Gasteiger partial charge in [-0.1, -0.05) is 6.07 Å². The van der Waals surface area contributed by atoms with Crippen molar-refractivity contribution in [3.63, 3.8) is 0 Å². The lowest BCUT2D eigenvalue weighted by Gasteiger charge is -2.44. The second-order valence-electron chi connectivity index (χ2n) is 6.19. The Bertz CT molecular complexity index is 472. The zero-order valence-corrected chi connectivity index (χ0v) is 13.7. The van der Waals surface area contributed by atoms with Crippen LogP contribution in [0, 0.1) is 11.6 Å². The van der Waals surface area contributed by atoms with Crippen molar-refractivity contribution in [1.82, 2.24) is 9.80 Å². The number of hydrogen-bond acceptors (Lipinski definition) is 3. The van der Waals surface area contributed by atoms with Crippen molar-refractivity contribution in [2.45, 2.75) is 32.4 Å². The summed E-state index contributed by atoms with van der Waals surface area (Å²) in [5, 5.41) is 0. The lowest BCUT2D eigenvalue weighted by molar-refractivity contribution is 0.0215. The fraction of sp³-hybridized carbons (Fsp3) is 0.647. The highest BCUT2D eigenvalue weighted by Gasteiger charge is 2.28. The molecule has 1 aliphatic heterocycles. The van der Waals surface area contributed by atoms with Gasteiger partial charge < -0.3 is 4.74 Å². The quantitative estimate of drug-likeness (QED) is 0.803. The summed E-state index contributed by atoms with van der Waals surface area (Å²) in [6, 6.07) is 5.13. The van der Waals surface area contributed by atoms with E-state index < -0.39 is 11.6 Å². The summed E-state index contributed by atoms with van der Waals surface area (Å²) >= 11 is 0. The van der Waals surface area contributed by atoms with Gasteiger partial charge in [-0.2, -0.15) is 0 Å². The molecule has 1 heterocycles. The number of hydrogen-bond donors (Lipinski definition) is 0. The zero-order chi connectivity index (χ0) is 16.1. The second-order valence-corrected chi connectivity index (χ2v) is 6.19. The molecule has 0 bridgehead atoms. The molecule has 0 spiro atoms. The first-order valence-corrected chi connectivity index (χ1v) is 7.92. The molecule has 1 aromatic carbocycles. The van der Waals surface area contributed by atoms with Crippen LogP contribution < -0.4 is 0 Å². The van der Waals surface area contributed by atoms with Gasteiger partial charge in [0.15, 0.2) is 11.6 Å². The van der Waals surface area contributed by atoms with E-state index in [0.717, 1.165) is 44.8 Å². The molecule has 3 nitrogen and oxygen atoms in total. The van der Waals surface area contributed by atoms with E-state index in [4.69, 9.17) is 4.74 Å². The first-order chi connectivity index (χ1) is 10.5. The Balaban J connectivity index is 1.85. The summed E-state index contributed by atoms with van der Waals surface area (Å²) in [7, 11) is 1.73. The fourth-order valence-corrected chi connectivity index (χ4v) is 3.27. The molecule has 0 aliphatic carbocycles. The molecule has 22 heavy (non-hydrogen) atoms. The summed E-state index contributed by atoms with van der Waals surface area (Å²) in [5.41, 5.74) is 0.848. The van der Waals surface area contributed by atoms with E-state index in [-0.39, 0.29) is 0 Å². The second kappa shape index (κ2) is 7.99. The van der Waals surface area contributed by atoms with Crippen molar-refractivity contribution in [2.75, 3.05) is 39.9 Å². The van der Waals surface area contributed by atoms with E-state index in [9.17, 15) is 8.78 Å². The van der Waals surface area contributed by atoms with Crippen LogP contribution in [0.3, 0.4) is 0 Å². The minimum atomic E-state index is -0.780. The SMILES string of the molecule is COCCN1[C@H](C)CN(CCc2ccc(F)c(F)c2)C[C@@H]1C. The van der Waals surface area contributed by atoms with E-state index in [2.05, 4.69) is 23.6 Å². The lowest BCUT2D eigenvalue weighted by Crippen LogP contribution is -2.57. The maximum Gasteiger partial charge on any atom is 0.159 e. The van der Waals surface area contributed by atoms with E-state index in [1.807, 2.05) is 0 Å². The monoisotopic (exact) mass is 312 g/mol. The van der Waals surface area contributed by atoms with Gasteiger partial charge >= 0.3 is 0 Å². The Morgan fingerprint density at radius 3 is 2.36 bits per heavy atom. The molecule has 124 valence electrons. The van der Waals surface area contributed by atoms with E-state index >= 15 is 0 Å². The van der Waals surface area contributed by atoms with Gasteiger partial charge in [-0.25, -0.2) is 8.78 Å². The van der Waals surface area contributed by atoms with Gasteiger partial charge in [0, 0.05) is 45.4 Å². The van der Waals surface area contributed by atoms with Crippen LogP contribution in [0.4, 0.5) is 8.78 Å². The summed E-state index contributed by atoms with van der Waals surface area (Å²) < 4.78 is 31.3. The van der Waals surface area contributed by atoms with Gasteiger partial charge in [-0.3, -0.25) is 9.80 Å². The van der Waals surface area contributed by atoms with Crippen molar-refractivity contribution < 1.29 is 13.5 Å². The Kier molecular flexibility index (Phi) is 6.29. The van der Waals surface area contributed by atoms with Crippen LogP contribution in [0.25, 0.3) is 0 Å². The van der Waals surface area contributed by atoms with E-state index in [1.165, 1.54) is 12.1 Å². The third-order valence-electron chi connectivity index (χ3n) is 4.43. The molecule has 1 aliphatic rings. The standard InChI is InChI=1S/C17H26F2N2O/c1-13-11-20(12-14(2)21(13)8-9-22-3)7-6-15-4-5-16(18)17(19)10-15/h4-5,10,13-14H,6-9,11-12H2,1-3H3/t13-,14+. The predicted molar refractivity (Wildman–Crippen MR) is 84.0 cm³/mol. The number of nitrogens with zero attached hydrogens (tertiary/aromatic N) is 2. The fourth-order valence-electron chi connectivity index (χ4n) is 3.27.